The quantitative estimate of drug-likeness (QED) is 0.713. The van der Waals surface area contributed by atoms with Crippen molar-refractivity contribution in [1.29, 1.82) is 0 Å². The minimum atomic E-state index is -4.38. The number of rotatable bonds is 5. The first-order valence-corrected chi connectivity index (χ1v) is 8.45. The molecule has 128 valence electrons. The highest BCUT2D eigenvalue weighted by Crippen LogP contribution is 2.32. The van der Waals surface area contributed by atoms with E-state index in [4.69, 9.17) is 0 Å². The second kappa shape index (κ2) is 7.75. The first-order chi connectivity index (χ1) is 11.3. The number of nitrogens with one attached hydrogen (secondary N) is 1. The molecule has 0 saturated heterocycles. The lowest BCUT2D eigenvalue weighted by Crippen LogP contribution is -2.15. The van der Waals surface area contributed by atoms with Gasteiger partial charge in [0, 0.05) is 10.6 Å². The van der Waals surface area contributed by atoms with E-state index < -0.39 is 11.7 Å². The normalized spacial score (nSPS) is 11.6. The van der Waals surface area contributed by atoms with Crippen molar-refractivity contribution >= 4 is 23.4 Å². The van der Waals surface area contributed by atoms with E-state index >= 15 is 0 Å². The van der Waals surface area contributed by atoms with Gasteiger partial charge in [0.05, 0.1) is 11.3 Å². The van der Waals surface area contributed by atoms with E-state index in [1.165, 1.54) is 6.07 Å². The van der Waals surface area contributed by atoms with Gasteiger partial charge < -0.3 is 5.32 Å². The molecule has 1 N–H and O–H groups in total. The summed E-state index contributed by atoms with van der Waals surface area (Å²) in [6, 6.07) is 12.5. The monoisotopic (exact) mass is 353 g/mol. The summed E-state index contributed by atoms with van der Waals surface area (Å²) < 4.78 is 38.1. The minimum absolute atomic E-state index is 0.0493. The summed E-state index contributed by atoms with van der Waals surface area (Å²) in [7, 11) is 0. The van der Waals surface area contributed by atoms with E-state index in [-0.39, 0.29) is 17.6 Å². The lowest BCUT2D eigenvalue weighted by molar-refractivity contribution is -0.137. The van der Waals surface area contributed by atoms with Gasteiger partial charge in [0.15, 0.2) is 0 Å². The molecule has 2 aromatic rings. The van der Waals surface area contributed by atoms with Gasteiger partial charge >= 0.3 is 6.18 Å². The number of hydrogen-bond acceptors (Lipinski definition) is 2. The van der Waals surface area contributed by atoms with Crippen LogP contribution in [0.1, 0.15) is 30.9 Å². The fourth-order valence-corrected chi connectivity index (χ4v) is 2.97. The van der Waals surface area contributed by atoms with Crippen LogP contribution in [0.25, 0.3) is 0 Å². The number of hydrogen-bond donors (Lipinski definition) is 1. The Balaban J connectivity index is 2.00. The third-order valence-corrected chi connectivity index (χ3v) is 4.38. The molecule has 0 atom stereocenters. The fourth-order valence-electron chi connectivity index (χ4n) is 2.21. The Morgan fingerprint density at radius 3 is 2.50 bits per heavy atom. The summed E-state index contributed by atoms with van der Waals surface area (Å²) in [4.78, 5) is 12.5. The summed E-state index contributed by atoms with van der Waals surface area (Å²) in [5.41, 5.74) is 1.05. The number of halogens is 3. The van der Waals surface area contributed by atoms with Crippen molar-refractivity contribution in [2.75, 3.05) is 11.1 Å². The van der Waals surface area contributed by atoms with Crippen LogP contribution in [0.2, 0.25) is 0 Å². The van der Waals surface area contributed by atoms with Crippen LogP contribution in [-0.4, -0.2) is 11.7 Å². The van der Waals surface area contributed by atoms with Gasteiger partial charge in [-0.05, 0) is 35.7 Å². The molecule has 1 amide bonds. The number of alkyl halides is 3. The van der Waals surface area contributed by atoms with Crippen LogP contribution in [0, 0.1) is 0 Å². The molecule has 24 heavy (non-hydrogen) atoms. The van der Waals surface area contributed by atoms with Gasteiger partial charge in [-0.25, -0.2) is 0 Å². The summed E-state index contributed by atoms with van der Waals surface area (Å²) in [6.45, 7) is 4.06. The molecule has 0 heterocycles. The summed E-state index contributed by atoms with van der Waals surface area (Å²) in [5.74, 6) is 0.0661. The lowest BCUT2D eigenvalue weighted by Gasteiger charge is -2.13. The van der Waals surface area contributed by atoms with Crippen molar-refractivity contribution in [3.63, 3.8) is 0 Å². The van der Waals surface area contributed by atoms with E-state index in [9.17, 15) is 18.0 Å². The van der Waals surface area contributed by atoms with Crippen molar-refractivity contribution in [2.24, 2.45) is 0 Å². The SMILES string of the molecule is CC(C)c1ccccc1NC(=O)CSc1cccc(C(F)(F)F)c1. The van der Waals surface area contributed by atoms with Gasteiger partial charge in [-0.15, -0.1) is 11.8 Å². The second-order valence-corrected chi connectivity index (χ2v) is 6.65. The maximum Gasteiger partial charge on any atom is 0.416 e. The maximum atomic E-state index is 12.7. The average Bonchev–Trinajstić information content (AvgIpc) is 2.53. The number of anilines is 1. The van der Waals surface area contributed by atoms with Crippen LogP contribution < -0.4 is 5.32 Å². The standard InChI is InChI=1S/C18H18F3NOS/c1-12(2)15-8-3-4-9-16(15)22-17(23)11-24-14-7-5-6-13(10-14)18(19,20)21/h3-10,12H,11H2,1-2H3,(H,22,23). The number of amides is 1. The van der Waals surface area contributed by atoms with Gasteiger partial charge in [0.1, 0.15) is 0 Å². The van der Waals surface area contributed by atoms with Crippen molar-refractivity contribution in [3.8, 4) is 0 Å². The topological polar surface area (TPSA) is 29.1 Å². The molecule has 6 heteroatoms. The number of benzene rings is 2. The van der Waals surface area contributed by atoms with Crippen molar-refractivity contribution in [3.05, 3.63) is 59.7 Å². The van der Waals surface area contributed by atoms with Gasteiger partial charge in [0.25, 0.3) is 0 Å². The molecule has 0 spiro atoms. The summed E-state index contributed by atoms with van der Waals surface area (Å²) >= 11 is 1.08. The molecule has 0 fully saturated rings. The van der Waals surface area contributed by atoms with Crippen LogP contribution in [-0.2, 0) is 11.0 Å². The van der Waals surface area contributed by atoms with Crippen molar-refractivity contribution < 1.29 is 18.0 Å². The molecule has 0 aliphatic rings. The maximum absolute atomic E-state index is 12.7. The first kappa shape index (κ1) is 18.4. The first-order valence-electron chi connectivity index (χ1n) is 7.46. The Morgan fingerprint density at radius 2 is 1.83 bits per heavy atom. The predicted octanol–water partition coefficient (Wildman–Crippen LogP) is 5.56. The molecule has 0 radical (unpaired) electrons. The van der Waals surface area contributed by atoms with Gasteiger partial charge in [0.2, 0.25) is 5.91 Å². The number of para-hydroxylation sites is 1. The molecule has 0 aromatic heterocycles. The highest BCUT2D eigenvalue weighted by molar-refractivity contribution is 8.00. The predicted molar refractivity (Wildman–Crippen MR) is 91.3 cm³/mol. The number of carbonyl (C=O) groups excluding carboxylic acids is 1. The van der Waals surface area contributed by atoms with E-state index in [1.807, 2.05) is 38.1 Å². The van der Waals surface area contributed by atoms with Gasteiger partial charge in [-0.1, -0.05) is 38.1 Å². The van der Waals surface area contributed by atoms with Crippen LogP contribution >= 0.6 is 11.8 Å². The zero-order valence-electron chi connectivity index (χ0n) is 13.4. The lowest BCUT2D eigenvalue weighted by atomic mass is 10.0. The average molecular weight is 353 g/mol. The third-order valence-electron chi connectivity index (χ3n) is 3.39. The van der Waals surface area contributed by atoms with E-state index in [2.05, 4.69) is 5.32 Å². The Bertz CT molecular complexity index is 713. The molecular weight excluding hydrogens is 335 g/mol. The zero-order chi connectivity index (χ0) is 17.7. The van der Waals surface area contributed by atoms with Crippen molar-refractivity contribution in [1.82, 2.24) is 0 Å². The van der Waals surface area contributed by atoms with Gasteiger partial charge in [-0.3, -0.25) is 4.79 Å². The Kier molecular flexibility index (Phi) is 5.94. The third kappa shape index (κ3) is 5.03. The summed E-state index contributed by atoms with van der Waals surface area (Å²) in [6.07, 6.45) is -4.38. The molecule has 2 rings (SSSR count). The molecule has 0 unspecified atom stereocenters. The zero-order valence-corrected chi connectivity index (χ0v) is 14.2. The fraction of sp³-hybridized carbons (Fsp3) is 0.278. The largest absolute Gasteiger partial charge is 0.416 e. The molecule has 0 aliphatic heterocycles. The smallest absolute Gasteiger partial charge is 0.325 e. The van der Waals surface area contributed by atoms with Crippen LogP contribution in [0.15, 0.2) is 53.4 Å². The summed E-state index contributed by atoms with van der Waals surface area (Å²) in [5, 5.41) is 2.82. The van der Waals surface area contributed by atoms with Crippen LogP contribution in [0.4, 0.5) is 18.9 Å². The van der Waals surface area contributed by atoms with Crippen LogP contribution in [0.5, 0.6) is 0 Å². The second-order valence-electron chi connectivity index (χ2n) is 5.60. The Morgan fingerprint density at radius 1 is 1.12 bits per heavy atom. The Labute approximate surface area is 143 Å². The Hall–Kier alpha value is -1.95. The number of thioether (sulfide) groups is 1. The molecule has 0 saturated carbocycles. The molecule has 0 bridgehead atoms. The highest BCUT2D eigenvalue weighted by Gasteiger charge is 2.30. The molecule has 0 aliphatic carbocycles. The van der Waals surface area contributed by atoms with E-state index in [0.717, 1.165) is 35.1 Å². The van der Waals surface area contributed by atoms with Crippen molar-refractivity contribution in [2.45, 2.75) is 30.8 Å². The van der Waals surface area contributed by atoms with Crippen LogP contribution in [0.3, 0.4) is 0 Å². The minimum Gasteiger partial charge on any atom is -0.325 e. The van der Waals surface area contributed by atoms with E-state index in [0.29, 0.717) is 4.90 Å². The molecule has 2 aromatic carbocycles. The highest BCUT2D eigenvalue weighted by atomic mass is 32.2. The molecular formula is C18H18F3NOS. The van der Waals surface area contributed by atoms with E-state index in [1.54, 1.807) is 6.07 Å². The van der Waals surface area contributed by atoms with Gasteiger partial charge in [-0.2, -0.15) is 13.2 Å². The number of carbonyl (C=O) groups is 1. The molecule has 2 nitrogen and oxygen atoms in total.